The van der Waals surface area contributed by atoms with Crippen LogP contribution in [0.2, 0.25) is 0 Å². The van der Waals surface area contributed by atoms with Crippen molar-refractivity contribution in [1.82, 2.24) is 14.0 Å². The van der Waals surface area contributed by atoms with Crippen molar-refractivity contribution in [3.63, 3.8) is 0 Å². The van der Waals surface area contributed by atoms with Crippen LogP contribution in [-0.2, 0) is 41.9 Å². The number of fused-ring (bicyclic) bond motifs is 5. The Hall–Kier alpha value is -3.30. The second-order valence-electron chi connectivity index (χ2n) is 9.92. The Bertz CT molecular complexity index is 1570. The van der Waals surface area contributed by atoms with E-state index < -0.39 is 22.9 Å². The molecule has 1 saturated carbocycles. The van der Waals surface area contributed by atoms with Gasteiger partial charge >= 0.3 is 5.97 Å². The number of carbonyl (C=O) groups is 1. The van der Waals surface area contributed by atoms with Gasteiger partial charge in [-0.25, -0.2) is 9.18 Å². The van der Waals surface area contributed by atoms with Crippen molar-refractivity contribution in [3.05, 3.63) is 67.0 Å². The predicted octanol–water partition coefficient (Wildman–Crippen LogP) is 2.12. The number of rotatable bonds is 4. The third-order valence-electron chi connectivity index (χ3n) is 7.85. The predicted molar refractivity (Wildman–Crippen MR) is 126 cm³/mol. The van der Waals surface area contributed by atoms with E-state index in [-0.39, 0.29) is 41.5 Å². The summed E-state index contributed by atoms with van der Waals surface area (Å²) < 4.78 is 23.2. The summed E-state index contributed by atoms with van der Waals surface area (Å²) in [6, 6.07) is 4.75. The first-order chi connectivity index (χ1) is 16.7. The summed E-state index contributed by atoms with van der Waals surface area (Å²) in [6.07, 6.45) is 2.24. The first kappa shape index (κ1) is 22.2. The highest BCUT2D eigenvalue weighted by Crippen LogP contribution is 2.38. The SMILES string of the molecule is CC[C@@]1(O)C(=O)OCc2c1cc1n(c2=O)Cc2c-1c(=O)c1cc(F)cc(CN(C)C3CC3)c1n2C. The summed E-state index contributed by atoms with van der Waals surface area (Å²) in [4.78, 5) is 41.8. The summed E-state index contributed by atoms with van der Waals surface area (Å²) in [6.45, 7) is 2.07. The molecular weight excluding hydrogens is 453 g/mol. The van der Waals surface area contributed by atoms with E-state index in [1.165, 1.54) is 16.7 Å². The van der Waals surface area contributed by atoms with Crippen molar-refractivity contribution in [2.45, 2.75) is 57.5 Å². The normalized spacial score (nSPS) is 20.7. The Labute approximate surface area is 200 Å². The molecule has 2 aromatic heterocycles. The van der Waals surface area contributed by atoms with E-state index in [4.69, 9.17) is 4.74 Å². The van der Waals surface area contributed by atoms with Crippen LogP contribution in [0, 0.1) is 5.82 Å². The second kappa shape index (κ2) is 7.35. The lowest BCUT2D eigenvalue weighted by atomic mass is 9.85. The van der Waals surface area contributed by atoms with E-state index in [1.807, 2.05) is 18.7 Å². The van der Waals surface area contributed by atoms with Gasteiger partial charge in [0, 0.05) is 30.6 Å². The fourth-order valence-corrected chi connectivity index (χ4v) is 5.69. The first-order valence-electron chi connectivity index (χ1n) is 11.9. The van der Waals surface area contributed by atoms with Gasteiger partial charge in [-0.1, -0.05) is 6.92 Å². The molecular formula is C26H26FN3O5. The molecule has 3 aromatic rings. The number of hydrogen-bond donors (Lipinski definition) is 1. The molecule has 0 bridgehead atoms. The van der Waals surface area contributed by atoms with Gasteiger partial charge in [-0.15, -0.1) is 0 Å². The molecule has 0 radical (unpaired) electrons. The van der Waals surface area contributed by atoms with Crippen molar-refractivity contribution in [3.8, 4) is 11.3 Å². The summed E-state index contributed by atoms with van der Waals surface area (Å²) >= 11 is 0. The van der Waals surface area contributed by atoms with Gasteiger partial charge in [0.2, 0.25) is 0 Å². The third-order valence-corrected chi connectivity index (χ3v) is 7.85. The van der Waals surface area contributed by atoms with Crippen LogP contribution in [0.3, 0.4) is 0 Å². The van der Waals surface area contributed by atoms with Crippen molar-refractivity contribution >= 4 is 16.9 Å². The van der Waals surface area contributed by atoms with E-state index in [0.29, 0.717) is 35.1 Å². The molecule has 6 rings (SSSR count). The number of benzene rings is 1. The van der Waals surface area contributed by atoms with Crippen LogP contribution < -0.4 is 11.0 Å². The van der Waals surface area contributed by atoms with Gasteiger partial charge in [0.25, 0.3) is 5.56 Å². The van der Waals surface area contributed by atoms with Crippen molar-refractivity contribution in [2.75, 3.05) is 7.05 Å². The minimum atomic E-state index is -1.96. The minimum absolute atomic E-state index is 0.0212. The van der Waals surface area contributed by atoms with E-state index in [0.717, 1.165) is 18.4 Å². The highest BCUT2D eigenvalue weighted by atomic mass is 19.1. The van der Waals surface area contributed by atoms with Crippen LogP contribution in [0.4, 0.5) is 4.39 Å². The van der Waals surface area contributed by atoms with Gasteiger partial charge in [0.1, 0.15) is 12.4 Å². The lowest BCUT2D eigenvalue weighted by Crippen LogP contribution is -2.44. The average molecular weight is 480 g/mol. The Morgan fingerprint density at radius 2 is 1.97 bits per heavy atom. The fourth-order valence-electron chi connectivity index (χ4n) is 5.69. The van der Waals surface area contributed by atoms with Crippen molar-refractivity contribution in [1.29, 1.82) is 0 Å². The van der Waals surface area contributed by atoms with Gasteiger partial charge < -0.3 is 19.0 Å². The molecule has 1 aromatic carbocycles. The van der Waals surface area contributed by atoms with Crippen LogP contribution in [0.5, 0.6) is 0 Å². The molecule has 0 spiro atoms. The highest BCUT2D eigenvalue weighted by Gasteiger charge is 2.45. The largest absolute Gasteiger partial charge is 0.458 e. The molecule has 1 N–H and O–H groups in total. The lowest BCUT2D eigenvalue weighted by Gasteiger charge is -2.31. The average Bonchev–Trinajstić information content (AvgIpc) is 3.60. The Morgan fingerprint density at radius 1 is 1.23 bits per heavy atom. The molecule has 4 heterocycles. The zero-order chi connectivity index (χ0) is 24.8. The number of aryl methyl sites for hydroxylation is 1. The van der Waals surface area contributed by atoms with Crippen LogP contribution in [0.15, 0.2) is 27.8 Å². The maximum Gasteiger partial charge on any atom is 0.343 e. The van der Waals surface area contributed by atoms with Gasteiger partial charge in [0.05, 0.1) is 34.6 Å². The molecule has 8 nitrogen and oxygen atoms in total. The number of cyclic esters (lactones) is 1. The van der Waals surface area contributed by atoms with Gasteiger partial charge in [-0.05, 0) is 50.1 Å². The maximum absolute atomic E-state index is 14.7. The molecule has 0 saturated heterocycles. The zero-order valence-electron chi connectivity index (χ0n) is 19.9. The van der Waals surface area contributed by atoms with Gasteiger partial charge in [-0.2, -0.15) is 0 Å². The van der Waals surface area contributed by atoms with Crippen molar-refractivity contribution < 1.29 is 19.0 Å². The Kier molecular flexibility index (Phi) is 4.66. The molecule has 0 amide bonds. The smallest absolute Gasteiger partial charge is 0.343 e. The Morgan fingerprint density at radius 3 is 2.66 bits per heavy atom. The molecule has 182 valence electrons. The number of halogens is 1. The maximum atomic E-state index is 14.7. The number of aromatic nitrogens is 2. The first-order valence-corrected chi connectivity index (χ1v) is 11.9. The van der Waals surface area contributed by atoms with E-state index in [1.54, 1.807) is 13.0 Å². The molecule has 0 unspecified atom stereocenters. The molecule has 2 aliphatic heterocycles. The molecule has 1 fully saturated rings. The molecule has 35 heavy (non-hydrogen) atoms. The number of esters is 1. The minimum Gasteiger partial charge on any atom is -0.458 e. The number of aliphatic hydroxyl groups is 1. The number of pyridine rings is 2. The van der Waals surface area contributed by atoms with Crippen molar-refractivity contribution in [2.24, 2.45) is 7.05 Å². The molecule has 1 atom stereocenters. The van der Waals surface area contributed by atoms with Crippen LogP contribution in [-0.4, -0.2) is 38.2 Å². The lowest BCUT2D eigenvalue weighted by molar-refractivity contribution is -0.172. The monoisotopic (exact) mass is 479 g/mol. The summed E-state index contributed by atoms with van der Waals surface area (Å²) in [5, 5.41) is 11.3. The van der Waals surface area contributed by atoms with E-state index in [9.17, 15) is 23.9 Å². The van der Waals surface area contributed by atoms with Gasteiger partial charge in [-0.3, -0.25) is 14.5 Å². The number of carbonyl (C=O) groups excluding carboxylic acids is 1. The topological polar surface area (TPSA) is 93.8 Å². The summed E-state index contributed by atoms with van der Waals surface area (Å²) in [5.41, 5.74) is 0.282. The highest BCUT2D eigenvalue weighted by molar-refractivity contribution is 5.89. The standard InChI is InChI=1S/C26H26FN3O5/c1-4-26(34)18-9-19-21-20(11-30(19)24(32)17(18)12-35-25(26)33)29(3)22-13(10-28(2)15-5-6-15)7-14(27)8-16(22)23(21)31/h7-9,15,34H,4-6,10-12H2,1-3H3/t26-/m0/s1. The molecule has 9 heteroatoms. The zero-order valence-corrected chi connectivity index (χ0v) is 19.9. The molecule has 1 aliphatic carbocycles. The second-order valence-corrected chi connectivity index (χ2v) is 9.92. The van der Waals surface area contributed by atoms with E-state index in [2.05, 4.69) is 4.90 Å². The third kappa shape index (κ3) is 3.01. The fraction of sp³-hybridized carbons (Fsp3) is 0.423. The molecule has 3 aliphatic rings. The summed E-state index contributed by atoms with van der Waals surface area (Å²) in [7, 11) is 3.82. The van der Waals surface area contributed by atoms with Gasteiger partial charge in [0.15, 0.2) is 11.0 Å². The number of hydrogen-bond acceptors (Lipinski definition) is 6. The van der Waals surface area contributed by atoms with Crippen LogP contribution >= 0.6 is 0 Å². The number of nitrogens with zero attached hydrogens (tertiary/aromatic N) is 3. The van der Waals surface area contributed by atoms with E-state index >= 15 is 0 Å². The quantitative estimate of drug-likeness (QED) is 0.451. The number of ether oxygens (including phenoxy) is 1. The van der Waals surface area contributed by atoms with Crippen LogP contribution in [0.1, 0.15) is 48.6 Å². The van der Waals surface area contributed by atoms with Crippen LogP contribution in [0.25, 0.3) is 22.2 Å². The Balaban J connectivity index is 1.62. The summed E-state index contributed by atoms with van der Waals surface area (Å²) in [5.74, 6) is -1.30.